The van der Waals surface area contributed by atoms with Gasteiger partial charge in [-0.3, -0.25) is 4.79 Å². The van der Waals surface area contributed by atoms with E-state index in [1.165, 1.54) is 25.3 Å². The highest BCUT2D eigenvalue weighted by molar-refractivity contribution is 5.32. The molecule has 4 nitrogen and oxygen atoms in total. The molecule has 2 rings (SSSR count). The fourth-order valence-corrected chi connectivity index (χ4v) is 2.43. The van der Waals surface area contributed by atoms with Crippen molar-refractivity contribution in [3.05, 3.63) is 22.2 Å². The molecule has 2 atom stereocenters. The molecule has 2 N–H and O–H groups in total. The van der Waals surface area contributed by atoms with Crippen molar-refractivity contribution in [2.75, 3.05) is 11.9 Å². The summed E-state index contributed by atoms with van der Waals surface area (Å²) < 4.78 is 0. The molecule has 1 aliphatic rings. The minimum absolute atomic E-state index is 0.0882. The third kappa shape index (κ3) is 2.84. The van der Waals surface area contributed by atoms with Gasteiger partial charge in [0.05, 0.1) is 0 Å². The van der Waals surface area contributed by atoms with E-state index >= 15 is 0 Å². The number of hydrogen-bond donors (Lipinski definition) is 2. The summed E-state index contributed by atoms with van der Waals surface area (Å²) in [6.45, 7) is 5.03. The van der Waals surface area contributed by atoms with E-state index in [4.69, 9.17) is 0 Å². The smallest absolute Gasteiger partial charge is 0.252 e. The first-order chi connectivity index (χ1) is 7.63. The third-order valence-electron chi connectivity index (χ3n) is 3.24. The van der Waals surface area contributed by atoms with Crippen LogP contribution in [-0.2, 0) is 0 Å². The van der Waals surface area contributed by atoms with E-state index in [9.17, 15) is 4.79 Å². The molecule has 2 unspecified atom stereocenters. The monoisotopic (exact) mass is 221 g/mol. The first-order valence-corrected chi connectivity index (χ1v) is 5.95. The van der Waals surface area contributed by atoms with Gasteiger partial charge in [-0.2, -0.15) is 0 Å². The van der Waals surface area contributed by atoms with Gasteiger partial charge in [-0.15, -0.1) is 0 Å². The second kappa shape index (κ2) is 4.68. The molecule has 1 saturated carbocycles. The van der Waals surface area contributed by atoms with Gasteiger partial charge in [-0.05, 0) is 31.6 Å². The zero-order valence-electron chi connectivity index (χ0n) is 9.92. The van der Waals surface area contributed by atoms with E-state index < -0.39 is 0 Å². The van der Waals surface area contributed by atoms with Crippen molar-refractivity contribution >= 4 is 5.82 Å². The average Bonchev–Trinajstić information content (AvgIpc) is 2.60. The summed E-state index contributed by atoms with van der Waals surface area (Å²) in [6, 6.07) is 1.52. The van der Waals surface area contributed by atoms with Gasteiger partial charge in [0, 0.05) is 12.6 Å². The number of nitrogens with one attached hydrogen (secondary N) is 2. The molecule has 1 aliphatic carbocycles. The summed E-state index contributed by atoms with van der Waals surface area (Å²) in [7, 11) is 0. The molecule has 1 heterocycles. The van der Waals surface area contributed by atoms with Gasteiger partial charge in [-0.25, -0.2) is 4.98 Å². The van der Waals surface area contributed by atoms with Crippen LogP contribution in [0.5, 0.6) is 0 Å². The summed E-state index contributed by atoms with van der Waals surface area (Å²) in [5, 5.41) is 3.26. The maximum Gasteiger partial charge on any atom is 0.252 e. The first-order valence-electron chi connectivity index (χ1n) is 5.95. The first kappa shape index (κ1) is 11.2. The SMILES string of the molecule is Cc1nc(NCC2CCC(C)C2)cc(=O)[nH]1. The van der Waals surface area contributed by atoms with Crippen LogP contribution in [0.15, 0.2) is 10.9 Å². The third-order valence-corrected chi connectivity index (χ3v) is 3.24. The lowest BCUT2D eigenvalue weighted by Gasteiger charge is -2.11. The van der Waals surface area contributed by atoms with Gasteiger partial charge >= 0.3 is 0 Å². The molecular formula is C12H19N3O. The van der Waals surface area contributed by atoms with E-state index in [2.05, 4.69) is 22.2 Å². The molecule has 0 aliphatic heterocycles. The lowest BCUT2D eigenvalue weighted by atomic mass is 10.1. The largest absolute Gasteiger partial charge is 0.370 e. The fourth-order valence-electron chi connectivity index (χ4n) is 2.43. The van der Waals surface area contributed by atoms with Crippen molar-refractivity contribution in [2.45, 2.75) is 33.1 Å². The molecule has 4 heteroatoms. The molecule has 1 aromatic heterocycles. The summed E-state index contributed by atoms with van der Waals surface area (Å²) in [5.41, 5.74) is -0.0882. The quantitative estimate of drug-likeness (QED) is 0.820. The zero-order valence-corrected chi connectivity index (χ0v) is 9.92. The Balaban J connectivity index is 1.92. The highest BCUT2D eigenvalue weighted by atomic mass is 16.1. The van der Waals surface area contributed by atoms with Gasteiger partial charge in [0.15, 0.2) is 0 Å². The Morgan fingerprint density at radius 3 is 3.00 bits per heavy atom. The van der Waals surface area contributed by atoms with Crippen LogP contribution in [0.3, 0.4) is 0 Å². The molecule has 0 spiro atoms. The Hall–Kier alpha value is -1.32. The number of hydrogen-bond acceptors (Lipinski definition) is 3. The predicted octanol–water partition coefficient (Wildman–Crippen LogP) is 1.93. The normalized spacial score (nSPS) is 24.6. The van der Waals surface area contributed by atoms with Crippen LogP contribution in [0.1, 0.15) is 32.0 Å². The Bertz CT molecular complexity index is 413. The lowest BCUT2D eigenvalue weighted by Crippen LogP contribution is -2.16. The summed E-state index contributed by atoms with van der Waals surface area (Å²) in [4.78, 5) is 18.1. The van der Waals surface area contributed by atoms with Gasteiger partial charge in [0.2, 0.25) is 0 Å². The van der Waals surface area contributed by atoms with Crippen LogP contribution in [0, 0.1) is 18.8 Å². The van der Waals surface area contributed by atoms with E-state index in [0.717, 1.165) is 18.4 Å². The summed E-state index contributed by atoms with van der Waals surface area (Å²) in [6.07, 6.45) is 3.90. The standard InChI is InChI=1S/C12H19N3O/c1-8-3-4-10(5-8)7-13-11-6-12(16)15-9(2)14-11/h6,8,10H,3-5,7H2,1-2H3,(H2,13,14,15,16). The number of aromatic nitrogens is 2. The van der Waals surface area contributed by atoms with Gasteiger partial charge in [0.1, 0.15) is 11.6 Å². The van der Waals surface area contributed by atoms with Crippen LogP contribution in [0.25, 0.3) is 0 Å². The number of rotatable bonds is 3. The molecular weight excluding hydrogens is 202 g/mol. The van der Waals surface area contributed by atoms with Crippen molar-refractivity contribution in [3.63, 3.8) is 0 Å². The van der Waals surface area contributed by atoms with Crippen molar-refractivity contribution in [2.24, 2.45) is 11.8 Å². The summed E-state index contributed by atoms with van der Waals surface area (Å²) in [5.74, 6) is 2.94. The van der Waals surface area contributed by atoms with E-state index in [1.54, 1.807) is 6.92 Å². The minimum Gasteiger partial charge on any atom is -0.370 e. The van der Waals surface area contributed by atoms with E-state index in [0.29, 0.717) is 11.6 Å². The summed E-state index contributed by atoms with van der Waals surface area (Å²) >= 11 is 0. The van der Waals surface area contributed by atoms with Gasteiger partial charge < -0.3 is 10.3 Å². The Labute approximate surface area is 95.5 Å². The Kier molecular flexibility index (Phi) is 3.27. The van der Waals surface area contributed by atoms with Crippen molar-refractivity contribution in [1.29, 1.82) is 0 Å². The fraction of sp³-hybridized carbons (Fsp3) is 0.667. The van der Waals surface area contributed by atoms with Crippen LogP contribution >= 0.6 is 0 Å². The zero-order chi connectivity index (χ0) is 11.5. The number of nitrogens with zero attached hydrogens (tertiary/aromatic N) is 1. The molecule has 16 heavy (non-hydrogen) atoms. The maximum atomic E-state index is 11.2. The molecule has 0 amide bonds. The molecule has 0 radical (unpaired) electrons. The second-order valence-electron chi connectivity index (χ2n) is 4.88. The molecule has 1 aromatic rings. The van der Waals surface area contributed by atoms with E-state index in [1.807, 2.05) is 0 Å². The van der Waals surface area contributed by atoms with E-state index in [-0.39, 0.29) is 5.56 Å². The predicted molar refractivity (Wildman–Crippen MR) is 64.6 cm³/mol. The number of H-pyrrole nitrogens is 1. The van der Waals surface area contributed by atoms with Crippen LogP contribution in [0.2, 0.25) is 0 Å². The molecule has 1 fully saturated rings. The van der Waals surface area contributed by atoms with Gasteiger partial charge in [-0.1, -0.05) is 13.3 Å². The Morgan fingerprint density at radius 1 is 1.56 bits per heavy atom. The highest BCUT2D eigenvalue weighted by Gasteiger charge is 2.20. The van der Waals surface area contributed by atoms with Crippen LogP contribution in [0.4, 0.5) is 5.82 Å². The lowest BCUT2D eigenvalue weighted by molar-refractivity contribution is 0.536. The van der Waals surface area contributed by atoms with Crippen LogP contribution < -0.4 is 10.9 Å². The minimum atomic E-state index is -0.0882. The number of anilines is 1. The molecule has 88 valence electrons. The Morgan fingerprint density at radius 2 is 2.38 bits per heavy atom. The van der Waals surface area contributed by atoms with Crippen LogP contribution in [-0.4, -0.2) is 16.5 Å². The molecule has 0 saturated heterocycles. The highest BCUT2D eigenvalue weighted by Crippen LogP contribution is 2.30. The topological polar surface area (TPSA) is 57.8 Å². The molecule has 0 bridgehead atoms. The molecule has 0 aromatic carbocycles. The van der Waals surface area contributed by atoms with Crippen molar-refractivity contribution < 1.29 is 0 Å². The van der Waals surface area contributed by atoms with Gasteiger partial charge in [0.25, 0.3) is 5.56 Å². The number of aromatic amines is 1. The van der Waals surface area contributed by atoms with Crippen molar-refractivity contribution in [3.8, 4) is 0 Å². The van der Waals surface area contributed by atoms with Crippen molar-refractivity contribution in [1.82, 2.24) is 9.97 Å². The number of aryl methyl sites for hydroxylation is 1. The average molecular weight is 221 g/mol. The second-order valence-corrected chi connectivity index (χ2v) is 4.88. The maximum absolute atomic E-state index is 11.2.